The van der Waals surface area contributed by atoms with Crippen molar-refractivity contribution in [3.05, 3.63) is 35.4 Å². The van der Waals surface area contributed by atoms with Gasteiger partial charge in [-0.05, 0) is 36.8 Å². The highest BCUT2D eigenvalue weighted by molar-refractivity contribution is 9.08. The summed E-state index contributed by atoms with van der Waals surface area (Å²) in [6.45, 7) is 1.93. The molecule has 1 aromatic carbocycles. The highest BCUT2D eigenvalue weighted by atomic mass is 79.9. The van der Waals surface area contributed by atoms with E-state index in [4.69, 9.17) is 14.7 Å². The molecule has 1 unspecified atom stereocenters. The lowest BCUT2D eigenvalue weighted by Crippen LogP contribution is -2.11. The third-order valence-corrected chi connectivity index (χ3v) is 6.30. The van der Waals surface area contributed by atoms with E-state index in [1.54, 1.807) is 0 Å². The zero-order valence-electron chi connectivity index (χ0n) is 18.4. The second-order valence-corrected chi connectivity index (χ2v) is 9.76. The van der Waals surface area contributed by atoms with Crippen LogP contribution in [-0.4, -0.2) is 15.9 Å². The number of aryl methyl sites for hydroxylation is 1. The van der Waals surface area contributed by atoms with Crippen LogP contribution in [0.25, 0.3) is 0 Å². The number of alkyl halides is 1. The Balaban J connectivity index is 1.87. The zero-order valence-corrected chi connectivity index (χ0v) is 20.9. The van der Waals surface area contributed by atoms with Crippen LogP contribution in [0.2, 0.25) is 0 Å². The summed E-state index contributed by atoms with van der Waals surface area (Å²) in [5.41, 5.74) is 2.82. The molecule has 0 spiro atoms. The van der Waals surface area contributed by atoms with Gasteiger partial charge in [0.2, 0.25) is 0 Å². The van der Waals surface area contributed by atoms with Crippen molar-refractivity contribution in [3.63, 3.8) is 0 Å². The van der Waals surface area contributed by atoms with Gasteiger partial charge in [-0.15, -0.1) is 4.67 Å². The first kappa shape index (κ1) is 27.8. The summed E-state index contributed by atoms with van der Waals surface area (Å²) in [5, 5.41) is 0.933. The fraction of sp³-hybridized carbons (Fsp3) is 0.739. The van der Waals surface area contributed by atoms with Crippen molar-refractivity contribution in [2.45, 2.75) is 108 Å². The van der Waals surface area contributed by atoms with Crippen LogP contribution >= 0.6 is 23.8 Å². The molecule has 2 N–H and O–H groups in total. The van der Waals surface area contributed by atoms with Gasteiger partial charge in [0.1, 0.15) is 0 Å². The molecular weight excluding hydrogens is 467 g/mol. The minimum atomic E-state index is -4.54. The van der Waals surface area contributed by atoms with Gasteiger partial charge in [-0.3, -0.25) is 0 Å². The summed E-state index contributed by atoms with van der Waals surface area (Å²) in [5.74, 6) is 0. The molecule has 0 aliphatic carbocycles. The summed E-state index contributed by atoms with van der Waals surface area (Å²) in [7, 11) is -4.54. The molecule has 0 heterocycles. The van der Waals surface area contributed by atoms with Crippen molar-refractivity contribution in [2.24, 2.45) is 0 Å². The highest BCUT2D eigenvalue weighted by Gasteiger charge is 2.18. The van der Waals surface area contributed by atoms with Gasteiger partial charge in [-0.2, -0.15) is 0 Å². The topological polar surface area (TPSA) is 76.0 Å². The van der Waals surface area contributed by atoms with Crippen molar-refractivity contribution in [3.8, 4) is 0 Å². The molecule has 30 heavy (non-hydrogen) atoms. The third-order valence-electron chi connectivity index (χ3n) is 5.37. The Bertz CT molecular complexity index is 593. The Morgan fingerprint density at radius 2 is 1.43 bits per heavy atom. The van der Waals surface area contributed by atoms with Crippen molar-refractivity contribution >= 4 is 23.8 Å². The van der Waals surface area contributed by atoms with Gasteiger partial charge in [0.05, 0.1) is 6.10 Å². The zero-order chi connectivity index (χ0) is 22.1. The van der Waals surface area contributed by atoms with Crippen LogP contribution in [0.3, 0.4) is 0 Å². The molecule has 1 aromatic rings. The van der Waals surface area contributed by atoms with Gasteiger partial charge in [-0.25, -0.2) is 9.45 Å². The first-order chi connectivity index (χ1) is 14.4. The predicted molar refractivity (Wildman–Crippen MR) is 126 cm³/mol. The van der Waals surface area contributed by atoms with Crippen LogP contribution in [0.5, 0.6) is 0 Å². The largest absolute Gasteiger partial charge is 0.496 e. The van der Waals surface area contributed by atoms with E-state index in [1.807, 2.05) is 6.92 Å². The molecule has 0 aromatic heterocycles. The van der Waals surface area contributed by atoms with Crippen LogP contribution in [0, 0.1) is 0 Å². The molecule has 7 heteroatoms. The summed E-state index contributed by atoms with van der Waals surface area (Å²) < 4.78 is 14.8. The Morgan fingerprint density at radius 1 is 0.900 bits per heavy atom. The first-order valence-corrected chi connectivity index (χ1v) is 14.1. The Kier molecular flexibility index (Phi) is 16.1. The average Bonchev–Trinajstić information content (AvgIpc) is 2.73. The molecule has 5 nitrogen and oxygen atoms in total. The van der Waals surface area contributed by atoms with E-state index >= 15 is 0 Å². The minimum Gasteiger partial charge on any atom is -0.301 e. The van der Waals surface area contributed by atoms with Gasteiger partial charge < -0.3 is 9.79 Å². The van der Waals surface area contributed by atoms with E-state index in [1.165, 1.54) is 75.3 Å². The molecule has 0 aliphatic rings. The summed E-state index contributed by atoms with van der Waals surface area (Å²) >= 11 is 3.52. The van der Waals surface area contributed by atoms with Crippen LogP contribution in [-0.2, 0) is 25.9 Å². The van der Waals surface area contributed by atoms with E-state index in [0.29, 0.717) is 6.42 Å². The third kappa shape index (κ3) is 15.6. The maximum absolute atomic E-state index is 10.7. The molecule has 1 rings (SSSR count). The number of unbranched alkanes of at least 4 members (excludes halogenated alkanes) is 10. The van der Waals surface area contributed by atoms with Crippen molar-refractivity contribution in [2.75, 3.05) is 0 Å². The smallest absolute Gasteiger partial charge is 0.301 e. The molecule has 174 valence electrons. The van der Waals surface area contributed by atoms with Gasteiger partial charge in [0.15, 0.2) is 0 Å². The number of halogens is 1. The van der Waals surface area contributed by atoms with Gasteiger partial charge in [0, 0.05) is 5.33 Å². The second kappa shape index (κ2) is 17.3. The predicted octanol–water partition coefficient (Wildman–Crippen LogP) is 7.62. The summed E-state index contributed by atoms with van der Waals surface area (Å²) in [4.78, 5) is 22.2. The molecular formula is C23H40BrO5P. The van der Waals surface area contributed by atoms with E-state index in [-0.39, 0.29) is 6.10 Å². The van der Waals surface area contributed by atoms with Crippen LogP contribution in [0.4, 0.5) is 0 Å². The van der Waals surface area contributed by atoms with Gasteiger partial charge in [0.25, 0.3) is 0 Å². The number of phosphoric acid groups is 1. The maximum atomic E-state index is 10.7. The molecule has 0 amide bonds. The fourth-order valence-corrected chi connectivity index (χ4v) is 4.18. The number of rotatable bonds is 19. The number of benzene rings is 1. The molecule has 0 saturated heterocycles. The highest BCUT2D eigenvalue weighted by Crippen LogP contribution is 2.37. The van der Waals surface area contributed by atoms with E-state index < -0.39 is 7.82 Å². The van der Waals surface area contributed by atoms with Crippen LogP contribution in [0.1, 0.15) is 102 Å². The SMILES string of the molecule is CCC(CCCCCCCCCCCCCc1cccc(CBr)c1)OOP(=O)(O)O. The molecule has 1 atom stereocenters. The van der Waals surface area contributed by atoms with Crippen molar-refractivity contribution in [1.29, 1.82) is 0 Å². The molecule has 0 fully saturated rings. The van der Waals surface area contributed by atoms with E-state index in [9.17, 15) is 4.57 Å². The monoisotopic (exact) mass is 506 g/mol. The lowest BCUT2D eigenvalue weighted by Gasteiger charge is -2.14. The first-order valence-electron chi connectivity index (χ1n) is 11.5. The lowest BCUT2D eigenvalue weighted by atomic mass is 10.0. The molecule has 0 bridgehead atoms. The average molecular weight is 507 g/mol. The molecule has 0 aliphatic heterocycles. The second-order valence-electron chi connectivity index (χ2n) is 8.07. The van der Waals surface area contributed by atoms with Gasteiger partial charge >= 0.3 is 7.82 Å². The van der Waals surface area contributed by atoms with Crippen LogP contribution in [0.15, 0.2) is 24.3 Å². The fourth-order valence-electron chi connectivity index (χ4n) is 3.60. The van der Waals surface area contributed by atoms with E-state index in [0.717, 1.165) is 24.6 Å². The van der Waals surface area contributed by atoms with E-state index in [2.05, 4.69) is 44.9 Å². The molecule has 0 radical (unpaired) electrons. The Hall–Kier alpha value is -0.230. The van der Waals surface area contributed by atoms with Crippen LogP contribution < -0.4 is 0 Å². The standard InChI is InChI=1S/C23H40BrO5P/c1-2-23(28-29-30(25,26)27)18-13-11-9-7-5-3-4-6-8-10-12-15-21-16-14-17-22(19-21)20-24/h14,16-17,19,23H,2-13,15,18,20H2,1H3,(H2,25,26,27). The maximum Gasteiger partial charge on any atom is 0.496 e. The minimum absolute atomic E-state index is 0.244. The Labute approximate surface area is 191 Å². The van der Waals surface area contributed by atoms with Gasteiger partial charge in [-0.1, -0.05) is 111 Å². The number of hydrogen-bond donors (Lipinski definition) is 2. The summed E-state index contributed by atoms with van der Waals surface area (Å²) in [6.07, 6.45) is 16.3. The molecule has 0 saturated carbocycles. The van der Waals surface area contributed by atoms with Crippen molar-refractivity contribution in [1.82, 2.24) is 0 Å². The summed E-state index contributed by atoms with van der Waals surface area (Å²) in [6, 6.07) is 8.86. The number of hydrogen-bond acceptors (Lipinski definition) is 3. The lowest BCUT2D eigenvalue weighted by molar-refractivity contribution is -0.260. The quantitative estimate of drug-likeness (QED) is 0.0662. The van der Waals surface area contributed by atoms with Crippen molar-refractivity contribution < 1.29 is 23.9 Å². The Morgan fingerprint density at radius 3 is 1.97 bits per heavy atom. The normalized spacial score (nSPS) is 12.9.